The molecule has 1 aliphatic rings. The Morgan fingerprint density at radius 1 is 1.14 bits per heavy atom. The average molecular weight is 558 g/mol. The van der Waals surface area contributed by atoms with E-state index >= 15 is 0 Å². The minimum absolute atomic E-state index is 0.0181. The molecule has 0 aromatic carbocycles. The van der Waals surface area contributed by atoms with Crippen LogP contribution in [-0.2, 0) is 27.7 Å². The van der Waals surface area contributed by atoms with Crippen LogP contribution in [0.4, 0.5) is 9.18 Å². The fourth-order valence-corrected chi connectivity index (χ4v) is 9.66. The highest BCUT2D eigenvalue weighted by atomic mass is 31.2. The Morgan fingerprint density at radius 2 is 1.69 bits per heavy atom. The summed E-state index contributed by atoms with van der Waals surface area (Å²) in [6.07, 6.45) is -0.590. The molecule has 1 aliphatic heterocycles. The summed E-state index contributed by atoms with van der Waals surface area (Å²) < 4.78 is 63.6. The highest BCUT2D eigenvalue weighted by molar-refractivity contribution is 7.78. The Labute approximate surface area is 213 Å². The van der Waals surface area contributed by atoms with Gasteiger partial charge in [-0.25, -0.2) is 14.0 Å². The first-order valence-corrected chi connectivity index (χ1v) is 15.1. The van der Waals surface area contributed by atoms with Crippen LogP contribution in [0.2, 0.25) is 0 Å². The number of carbonyl (C=O) groups excluding carboxylic acids is 1. The molecule has 1 heterocycles. The fourth-order valence-electron chi connectivity index (χ4n) is 3.70. The molecule has 210 valence electrons. The summed E-state index contributed by atoms with van der Waals surface area (Å²) in [5.41, 5.74) is -1.54. The van der Waals surface area contributed by atoms with Gasteiger partial charge < -0.3 is 24.2 Å². The van der Waals surface area contributed by atoms with Crippen molar-refractivity contribution in [3.63, 3.8) is 0 Å². The highest BCUT2D eigenvalue weighted by Crippen LogP contribution is 2.81. The Morgan fingerprint density at radius 3 is 2.14 bits per heavy atom. The van der Waals surface area contributed by atoms with Gasteiger partial charge in [-0.1, -0.05) is 13.8 Å². The van der Waals surface area contributed by atoms with E-state index in [1.807, 2.05) is 0 Å². The predicted octanol–water partition coefficient (Wildman–Crippen LogP) is 5.65. The minimum atomic E-state index is -3.99. The molecule has 36 heavy (non-hydrogen) atoms. The van der Waals surface area contributed by atoms with Crippen molar-refractivity contribution >= 4 is 32.9 Å². The maximum Gasteiger partial charge on any atom is 0.408 e. The number of aliphatic carboxylic acids is 1. The second-order valence-electron chi connectivity index (χ2n) is 10.8. The SMILES string of the molecule is CCOP1(=O)N=C(CF)N(CC(C)(C)CCC(NC(=O)OC(C)(C)C)C(=O)O)P(=O)(OCC)C1(C)C. The van der Waals surface area contributed by atoms with Gasteiger partial charge in [0.05, 0.1) is 13.2 Å². The number of carboxylic acids is 1. The summed E-state index contributed by atoms with van der Waals surface area (Å²) in [7, 11) is -7.93. The number of carboxylic acid groups (broad SMARTS) is 1. The van der Waals surface area contributed by atoms with Crippen LogP contribution in [0.5, 0.6) is 0 Å². The van der Waals surface area contributed by atoms with E-state index in [1.165, 1.54) is 18.5 Å². The topological polar surface area (TPSA) is 144 Å². The van der Waals surface area contributed by atoms with Gasteiger partial charge in [-0.3, -0.25) is 13.8 Å². The summed E-state index contributed by atoms with van der Waals surface area (Å²) >= 11 is 0. The number of rotatable bonds is 12. The smallest absolute Gasteiger partial charge is 0.408 e. The van der Waals surface area contributed by atoms with Crippen LogP contribution in [0.25, 0.3) is 0 Å². The number of nitrogens with zero attached hydrogens (tertiary/aromatic N) is 2. The first-order chi connectivity index (χ1) is 16.3. The number of amidine groups is 1. The van der Waals surface area contributed by atoms with Crippen LogP contribution >= 0.6 is 15.0 Å². The summed E-state index contributed by atoms with van der Waals surface area (Å²) in [6, 6.07) is -1.23. The number of amides is 1. The van der Waals surface area contributed by atoms with Gasteiger partial charge in [-0.2, -0.15) is 4.76 Å². The van der Waals surface area contributed by atoms with Gasteiger partial charge in [0, 0.05) is 6.54 Å². The third-order valence-corrected chi connectivity index (χ3v) is 12.7. The lowest BCUT2D eigenvalue weighted by molar-refractivity contribution is -0.139. The summed E-state index contributed by atoms with van der Waals surface area (Å²) in [4.78, 5) is 22.3. The van der Waals surface area contributed by atoms with Crippen LogP contribution in [0.15, 0.2) is 4.76 Å². The van der Waals surface area contributed by atoms with E-state index in [-0.39, 0.29) is 38.4 Å². The van der Waals surface area contributed by atoms with Crippen LogP contribution < -0.4 is 5.32 Å². The van der Waals surface area contributed by atoms with Crippen molar-refractivity contribution in [2.24, 2.45) is 10.2 Å². The monoisotopic (exact) mass is 557 g/mol. The van der Waals surface area contributed by atoms with E-state index in [1.54, 1.807) is 48.5 Å². The van der Waals surface area contributed by atoms with Crippen LogP contribution in [0.1, 0.15) is 75.2 Å². The molecule has 0 aliphatic carbocycles. The molecular weight excluding hydrogens is 515 g/mol. The minimum Gasteiger partial charge on any atom is -0.480 e. The van der Waals surface area contributed by atoms with Crippen LogP contribution in [0, 0.1) is 5.41 Å². The molecule has 0 fully saturated rings. The number of halogens is 1. The number of alkyl halides is 1. The van der Waals surface area contributed by atoms with Gasteiger partial charge in [0.2, 0.25) is 0 Å². The fraction of sp³-hybridized carbons (Fsp3) is 0.864. The highest BCUT2D eigenvalue weighted by Gasteiger charge is 2.63. The van der Waals surface area contributed by atoms with Crippen molar-refractivity contribution in [1.82, 2.24) is 9.99 Å². The molecule has 11 nitrogen and oxygen atoms in total. The lowest BCUT2D eigenvalue weighted by atomic mass is 9.86. The summed E-state index contributed by atoms with van der Waals surface area (Å²) in [6.45, 7) is 13.6. The third-order valence-electron chi connectivity index (χ3n) is 5.65. The molecular formula is C22H42FN3O8P2. The van der Waals surface area contributed by atoms with Crippen molar-refractivity contribution in [2.75, 3.05) is 26.4 Å². The molecule has 1 amide bonds. The Kier molecular flexibility index (Phi) is 10.8. The van der Waals surface area contributed by atoms with Crippen molar-refractivity contribution in [2.45, 2.75) is 91.7 Å². The molecule has 14 heteroatoms. The number of carbonyl (C=O) groups is 2. The normalized spacial score (nSPS) is 25.2. The van der Waals surface area contributed by atoms with E-state index < -0.39 is 55.7 Å². The van der Waals surface area contributed by atoms with E-state index in [0.717, 1.165) is 0 Å². The van der Waals surface area contributed by atoms with E-state index in [2.05, 4.69) is 10.1 Å². The molecule has 3 atom stereocenters. The van der Waals surface area contributed by atoms with E-state index in [4.69, 9.17) is 13.8 Å². The molecule has 3 unspecified atom stereocenters. The molecule has 1 rings (SSSR count). The van der Waals surface area contributed by atoms with Gasteiger partial charge >= 0.3 is 27.1 Å². The summed E-state index contributed by atoms with van der Waals surface area (Å²) in [5.74, 6) is -1.53. The van der Waals surface area contributed by atoms with Gasteiger partial charge in [-0.15, -0.1) is 0 Å². The van der Waals surface area contributed by atoms with Gasteiger partial charge in [0.25, 0.3) is 0 Å². The van der Waals surface area contributed by atoms with Crippen molar-refractivity contribution < 1.29 is 42.0 Å². The number of ether oxygens (including phenoxy) is 1. The molecule has 0 saturated heterocycles. The molecule has 0 aromatic rings. The number of hydrogen-bond acceptors (Lipinski definition) is 7. The molecule has 0 spiro atoms. The largest absolute Gasteiger partial charge is 0.480 e. The zero-order chi connectivity index (χ0) is 28.2. The van der Waals surface area contributed by atoms with E-state index in [0.29, 0.717) is 0 Å². The Balaban J connectivity index is 3.24. The van der Waals surface area contributed by atoms with Crippen molar-refractivity contribution in [3.8, 4) is 0 Å². The van der Waals surface area contributed by atoms with Gasteiger partial charge in [0.1, 0.15) is 24.2 Å². The van der Waals surface area contributed by atoms with Crippen LogP contribution in [0.3, 0.4) is 0 Å². The van der Waals surface area contributed by atoms with Crippen molar-refractivity contribution in [3.05, 3.63) is 0 Å². The zero-order valence-corrected chi connectivity index (χ0v) is 24.6. The van der Waals surface area contributed by atoms with Gasteiger partial charge in [-0.05, 0) is 66.7 Å². The molecule has 2 N–H and O–H groups in total. The van der Waals surface area contributed by atoms with E-state index in [9.17, 15) is 28.2 Å². The number of alkyl carbamates (subject to hydrolysis) is 1. The average Bonchev–Trinajstić information content (AvgIpc) is 2.71. The second kappa shape index (κ2) is 11.9. The molecule has 0 saturated carbocycles. The summed E-state index contributed by atoms with van der Waals surface area (Å²) in [5, 5.41) is 11.9. The third kappa shape index (κ3) is 7.53. The molecule has 0 radical (unpaired) electrons. The molecule has 0 bridgehead atoms. The Hall–Kier alpha value is -1.48. The number of hydrogen-bond donors (Lipinski definition) is 2. The zero-order valence-electron chi connectivity index (χ0n) is 22.8. The van der Waals surface area contributed by atoms with Crippen LogP contribution in [-0.4, -0.2) is 70.6 Å². The molecule has 0 aromatic heterocycles. The van der Waals surface area contributed by atoms with Gasteiger partial charge in [0.15, 0.2) is 4.90 Å². The van der Waals surface area contributed by atoms with Crippen molar-refractivity contribution in [1.29, 1.82) is 0 Å². The Bertz CT molecular complexity index is 933. The standard InChI is InChI=1S/C22H42FN3O8P2/c1-10-32-35(30)22(8,9)36(31,33-11-2)26(17(14-23)25-35)15-21(6,7)13-12-16(18(27)28)24-19(29)34-20(3,4)5/h16H,10-15H2,1-9H3,(H,24,29)(H,27,28). The second-order valence-corrected chi connectivity index (χ2v) is 16.7. The quantitative estimate of drug-likeness (QED) is 0.291. The maximum absolute atomic E-state index is 14.3. The maximum atomic E-state index is 14.3. The number of nitrogens with one attached hydrogen (secondary N) is 1. The lowest BCUT2D eigenvalue weighted by Gasteiger charge is -2.48. The lowest BCUT2D eigenvalue weighted by Crippen LogP contribution is -2.47. The first kappa shape index (κ1) is 32.5. The first-order valence-electron chi connectivity index (χ1n) is 11.9. The predicted molar refractivity (Wildman–Crippen MR) is 136 cm³/mol.